The van der Waals surface area contributed by atoms with Crippen LogP contribution in [0.5, 0.6) is 5.75 Å². The molecule has 7 nitrogen and oxygen atoms in total. The first-order valence-corrected chi connectivity index (χ1v) is 8.30. The van der Waals surface area contributed by atoms with Crippen LogP contribution in [0, 0.1) is 11.3 Å². The number of esters is 1. The van der Waals surface area contributed by atoms with Gasteiger partial charge < -0.3 is 9.64 Å². The van der Waals surface area contributed by atoms with E-state index < -0.39 is 16.0 Å². The maximum Gasteiger partial charge on any atom is 0.347 e. The highest BCUT2D eigenvalue weighted by Gasteiger charge is 2.30. The Balaban J connectivity index is 1.86. The molecule has 0 aliphatic carbocycles. The molecular formula is C15H11N3O4S. The third-order valence-corrected chi connectivity index (χ3v) is 4.42. The number of nitrogens with zero attached hydrogens (tertiary/aromatic N) is 3. The first-order valence-electron chi connectivity index (χ1n) is 6.69. The standard InChI is InChI=1S/C15H11N3O4S/c16-10-11-3-5-12(6-4-11)22-15(19)13-2-1-7-18-8-9-23(20,21)17-14(13)18/h1-7H,8-9H2. The Morgan fingerprint density at radius 3 is 2.74 bits per heavy atom. The van der Waals surface area contributed by atoms with Crippen molar-refractivity contribution in [3.8, 4) is 11.8 Å². The van der Waals surface area contributed by atoms with Crippen LogP contribution in [0.3, 0.4) is 0 Å². The number of hydrogen-bond donors (Lipinski definition) is 0. The molecule has 0 amide bonds. The van der Waals surface area contributed by atoms with Crippen LogP contribution in [-0.2, 0) is 14.8 Å². The molecule has 2 heterocycles. The van der Waals surface area contributed by atoms with Gasteiger partial charge in [-0.05, 0) is 36.4 Å². The third-order valence-electron chi connectivity index (χ3n) is 3.27. The first-order chi connectivity index (χ1) is 11.0. The summed E-state index contributed by atoms with van der Waals surface area (Å²) < 4.78 is 32.2. The molecule has 0 fully saturated rings. The molecule has 116 valence electrons. The average Bonchev–Trinajstić information content (AvgIpc) is 2.54. The Morgan fingerprint density at radius 1 is 1.30 bits per heavy atom. The van der Waals surface area contributed by atoms with Crippen molar-refractivity contribution >= 4 is 21.8 Å². The summed E-state index contributed by atoms with van der Waals surface area (Å²) in [6.45, 7) is 0.235. The summed E-state index contributed by atoms with van der Waals surface area (Å²) in [5, 5.41) is 8.74. The van der Waals surface area contributed by atoms with Gasteiger partial charge in [0.15, 0.2) is 5.84 Å². The van der Waals surface area contributed by atoms with Crippen LogP contribution >= 0.6 is 0 Å². The van der Waals surface area contributed by atoms with Crippen molar-refractivity contribution in [2.75, 3.05) is 12.3 Å². The number of hydrogen-bond acceptors (Lipinski definition) is 6. The molecule has 23 heavy (non-hydrogen) atoms. The summed E-state index contributed by atoms with van der Waals surface area (Å²) in [5.74, 6) is -0.480. The van der Waals surface area contributed by atoms with E-state index in [1.54, 1.807) is 17.2 Å². The smallest absolute Gasteiger partial charge is 0.347 e. The minimum atomic E-state index is -3.57. The third kappa shape index (κ3) is 3.14. The minimum Gasteiger partial charge on any atom is -0.423 e. The average molecular weight is 329 g/mol. The van der Waals surface area contributed by atoms with Gasteiger partial charge in [0.25, 0.3) is 10.0 Å². The van der Waals surface area contributed by atoms with E-state index in [2.05, 4.69) is 4.40 Å². The van der Waals surface area contributed by atoms with Crippen LogP contribution in [0.1, 0.15) is 5.56 Å². The van der Waals surface area contributed by atoms with Crippen molar-refractivity contribution in [3.63, 3.8) is 0 Å². The van der Waals surface area contributed by atoms with Gasteiger partial charge in [0, 0.05) is 12.7 Å². The number of fused-ring (bicyclic) bond motifs is 1. The van der Waals surface area contributed by atoms with Gasteiger partial charge in [0.2, 0.25) is 0 Å². The lowest BCUT2D eigenvalue weighted by Crippen LogP contribution is -2.40. The van der Waals surface area contributed by atoms with E-state index >= 15 is 0 Å². The normalized spacial score (nSPS) is 18.3. The maximum atomic E-state index is 12.3. The van der Waals surface area contributed by atoms with Gasteiger partial charge in [-0.1, -0.05) is 0 Å². The van der Waals surface area contributed by atoms with Crippen LogP contribution < -0.4 is 4.74 Å². The number of benzene rings is 1. The Hall–Kier alpha value is -2.92. The predicted octanol–water partition coefficient (Wildman–Crippen LogP) is 0.961. The first kappa shape index (κ1) is 15.0. The molecule has 0 radical (unpaired) electrons. The van der Waals surface area contributed by atoms with Gasteiger partial charge >= 0.3 is 5.97 Å². The van der Waals surface area contributed by atoms with Crippen LogP contribution in [-0.4, -0.2) is 37.4 Å². The molecule has 0 bridgehead atoms. The quantitative estimate of drug-likeness (QED) is 0.592. The number of rotatable bonds is 2. The van der Waals surface area contributed by atoms with Crippen LogP contribution in [0.15, 0.2) is 52.6 Å². The second-order valence-corrected chi connectivity index (χ2v) is 6.60. The molecule has 1 aromatic rings. The van der Waals surface area contributed by atoms with Gasteiger partial charge in [0.1, 0.15) is 11.3 Å². The van der Waals surface area contributed by atoms with Crippen LogP contribution in [0.4, 0.5) is 0 Å². The Morgan fingerprint density at radius 2 is 2.04 bits per heavy atom. The highest BCUT2D eigenvalue weighted by molar-refractivity contribution is 7.90. The summed E-state index contributed by atoms with van der Waals surface area (Å²) in [6.07, 6.45) is 4.75. The van der Waals surface area contributed by atoms with Gasteiger partial charge in [-0.15, -0.1) is 4.40 Å². The number of ether oxygens (including phenoxy) is 1. The number of amidine groups is 1. The second-order valence-electron chi connectivity index (χ2n) is 4.84. The minimum absolute atomic E-state index is 0.0670. The summed E-state index contributed by atoms with van der Waals surface area (Å²) in [5.41, 5.74) is 0.513. The highest BCUT2D eigenvalue weighted by Crippen LogP contribution is 2.20. The lowest BCUT2D eigenvalue weighted by molar-refractivity contribution is -0.129. The predicted molar refractivity (Wildman–Crippen MR) is 81.9 cm³/mol. The number of carbonyl (C=O) groups excluding carboxylic acids is 1. The summed E-state index contributed by atoms with van der Waals surface area (Å²) in [6, 6.07) is 7.99. The zero-order valence-corrected chi connectivity index (χ0v) is 12.7. The second kappa shape index (κ2) is 5.70. The maximum absolute atomic E-state index is 12.3. The molecule has 2 aliphatic heterocycles. The van der Waals surface area contributed by atoms with Crippen LogP contribution in [0.2, 0.25) is 0 Å². The lowest BCUT2D eigenvalue weighted by atomic mass is 10.1. The van der Waals surface area contributed by atoms with Crippen molar-refractivity contribution in [1.29, 1.82) is 5.26 Å². The van der Waals surface area contributed by atoms with Crippen molar-refractivity contribution < 1.29 is 17.9 Å². The zero-order chi connectivity index (χ0) is 16.4. The van der Waals surface area contributed by atoms with E-state index in [4.69, 9.17) is 10.00 Å². The van der Waals surface area contributed by atoms with E-state index in [9.17, 15) is 13.2 Å². The van der Waals surface area contributed by atoms with Gasteiger partial charge in [-0.25, -0.2) is 13.2 Å². The van der Waals surface area contributed by atoms with Gasteiger partial charge in [-0.3, -0.25) is 0 Å². The van der Waals surface area contributed by atoms with Crippen molar-refractivity contribution in [1.82, 2.24) is 4.90 Å². The molecule has 0 saturated heterocycles. The fourth-order valence-corrected chi connectivity index (χ4v) is 3.12. The molecule has 0 spiro atoms. The molecule has 0 saturated carbocycles. The summed E-state index contributed by atoms with van der Waals surface area (Å²) in [7, 11) is -3.57. The van der Waals surface area contributed by atoms with E-state index in [-0.39, 0.29) is 29.5 Å². The summed E-state index contributed by atoms with van der Waals surface area (Å²) >= 11 is 0. The van der Waals surface area contributed by atoms with Crippen molar-refractivity contribution in [2.24, 2.45) is 4.40 Å². The van der Waals surface area contributed by atoms with E-state index in [0.29, 0.717) is 5.56 Å². The fraction of sp³-hybridized carbons (Fsp3) is 0.133. The molecule has 8 heteroatoms. The Kier molecular flexibility index (Phi) is 3.72. The SMILES string of the molecule is N#Cc1ccc(OC(=O)C2=CC=CN3CCS(=O)(=O)N=C23)cc1. The van der Waals surface area contributed by atoms with E-state index in [1.807, 2.05) is 6.07 Å². The van der Waals surface area contributed by atoms with Gasteiger partial charge in [-0.2, -0.15) is 5.26 Å². The zero-order valence-electron chi connectivity index (χ0n) is 11.8. The molecule has 3 rings (SSSR count). The lowest BCUT2D eigenvalue weighted by Gasteiger charge is -2.28. The molecule has 0 unspecified atom stereocenters. The number of sulfonamides is 1. The fourth-order valence-electron chi connectivity index (χ4n) is 2.14. The molecule has 2 aliphatic rings. The largest absolute Gasteiger partial charge is 0.423 e. The van der Waals surface area contributed by atoms with E-state index in [1.165, 1.54) is 30.3 Å². The monoisotopic (exact) mass is 329 g/mol. The van der Waals surface area contributed by atoms with E-state index in [0.717, 1.165) is 0 Å². The molecule has 0 N–H and O–H groups in total. The molecule has 1 aromatic carbocycles. The molecule has 0 aromatic heterocycles. The topological polar surface area (TPSA) is 99.8 Å². The van der Waals surface area contributed by atoms with Crippen LogP contribution in [0.25, 0.3) is 0 Å². The number of carbonyl (C=O) groups is 1. The number of allylic oxidation sites excluding steroid dienone is 2. The number of nitriles is 1. The highest BCUT2D eigenvalue weighted by atomic mass is 32.2. The Labute approximate surface area is 132 Å². The molecule has 0 atom stereocenters. The van der Waals surface area contributed by atoms with Gasteiger partial charge in [0.05, 0.1) is 17.4 Å². The summed E-state index contributed by atoms with van der Waals surface area (Å²) in [4.78, 5) is 13.9. The van der Waals surface area contributed by atoms with Crippen molar-refractivity contribution in [3.05, 3.63) is 53.8 Å². The molecular weight excluding hydrogens is 318 g/mol. The Bertz CT molecular complexity index is 890. The van der Waals surface area contributed by atoms with Crippen molar-refractivity contribution in [2.45, 2.75) is 0 Å².